The van der Waals surface area contributed by atoms with E-state index in [1.165, 1.54) is 19.2 Å². The van der Waals surface area contributed by atoms with Gasteiger partial charge in [0.2, 0.25) is 0 Å². The second kappa shape index (κ2) is 4.80. The fourth-order valence-electron chi connectivity index (χ4n) is 3.25. The smallest absolute Gasteiger partial charge is 0.177 e. The lowest BCUT2D eigenvalue weighted by molar-refractivity contribution is 0.255. The van der Waals surface area contributed by atoms with E-state index in [9.17, 15) is 8.42 Å². The summed E-state index contributed by atoms with van der Waals surface area (Å²) in [7, 11) is -3.17. The average Bonchev–Trinajstić information content (AvgIpc) is 2.75. The van der Waals surface area contributed by atoms with Gasteiger partial charge in [0.1, 0.15) is 0 Å². The molecule has 2 saturated heterocycles. The summed E-state index contributed by atoms with van der Waals surface area (Å²) in [6, 6.07) is 7.63. The molecular formula is C14H20N2O2S. The number of fused-ring (bicyclic) bond motifs is 2. The van der Waals surface area contributed by atoms with Crippen LogP contribution in [0, 0.1) is 5.92 Å². The summed E-state index contributed by atoms with van der Waals surface area (Å²) in [5.41, 5.74) is 0.760. The Morgan fingerprint density at radius 2 is 1.95 bits per heavy atom. The monoisotopic (exact) mass is 280 g/mol. The highest BCUT2D eigenvalue weighted by Gasteiger charge is 2.34. The van der Waals surface area contributed by atoms with Crippen LogP contribution in [0.25, 0.3) is 0 Å². The van der Waals surface area contributed by atoms with Crippen LogP contribution < -0.4 is 5.32 Å². The van der Waals surface area contributed by atoms with E-state index in [1.54, 1.807) is 12.1 Å². The first-order valence-electron chi connectivity index (χ1n) is 6.82. The predicted octanol–water partition coefficient (Wildman–Crippen LogP) is 1.60. The van der Waals surface area contributed by atoms with Gasteiger partial charge in [0.15, 0.2) is 9.84 Å². The normalized spacial score (nSPS) is 30.3. The van der Waals surface area contributed by atoms with Gasteiger partial charge < -0.3 is 10.2 Å². The van der Waals surface area contributed by atoms with Crippen LogP contribution in [-0.4, -0.2) is 45.2 Å². The number of hydrogen-bond acceptors (Lipinski definition) is 4. The van der Waals surface area contributed by atoms with Crippen LogP contribution in [0.3, 0.4) is 0 Å². The summed E-state index contributed by atoms with van der Waals surface area (Å²) in [5, 5.41) is 3.48. The summed E-state index contributed by atoms with van der Waals surface area (Å²) in [6.45, 7) is 3.46. The van der Waals surface area contributed by atoms with Gasteiger partial charge in [-0.25, -0.2) is 8.42 Å². The molecule has 0 spiro atoms. The van der Waals surface area contributed by atoms with Gasteiger partial charge >= 0.3 is 0 Å². The van der Waals surface area contributed by atoms with Crippen molar-refractivity contribution in [2.75, 3.05) is 31.2 Å². The highest BCUT2D eigenvalue weighted by Crippen LogP contribution is 2.31. The van der Waals surface area contributed by atoms with E-state index in [0.717, 1.165) is 25.2 Å². The first kappa shape index (κ1) is 12.9. The fourth-order valence-corrected chi connectivity index (χ4v) is 4.10. The Labute approximate surface area is 114 Å². The molecule has 0 amide bonds. The lowest BCUT2D eigenvalue weighted by atomic mass is 9.94. The van der Waals surface area contributed by atoms with Crippen LogP contribution >= 0.6 is 0 Å². The Bertz CT molecular complexity index is 571. The molecule has 1 aromatic rings. The van der Waals surface area contributed by atoms with E-state index >= 15 is 0 Å². The van der Waals surface area contributed by atoms with E-state index in [2.05, 4.69) is 10.2 Å². The molecule has 0 radical (unpaired) electrons. The molecule has 0 aromatic heterocycles. The number of hydrogen-bond donors (Lipinski definition) is 1. The van der Waals surface area contributed by atoms with Crippen LogP contribution in [0.4, 0.5) is 5.69 Å². The summed E-state index contributed by atoms with van der Waals surface area (Å²) < 4.78 is 23.6. The number of piperidine rings is 1. The molecule has 3 atom stereocenters. The third kappa shape index (κ3) is 2.62. The third-order valence-electron chi connectivity index (χ3n) is 4.26. The number of benzene rings is 1. The molecule has 5 heteroatoms. The van der Waals surface area contributed by atoms with Crippen molar-refractivity contribution in [2.45, 2.75) is 23.8 Å². The van der Waals surface area contributed by atoms with Crippen LogP contribution in [0.15, 0.2) is 29.2 Å². The Kier molecular flexibility index (Phi) is 3.27. The van der Waals surface area contributed by atoms with E-state index in [0.29, 0.717) is 16.9 Å². The van der Waals surface area contributed by atoms with Gasteiger partial charge in [-0.3, -0.25) is 0 Å². The van der Waals surface area contributed by atoms with Gasteiger partial charge in [-0.2, -0.15) is 0 Å². The first-order valence-corrected chi connectivity index (χ1v) is 8.71. The summed E-state index contributed by atoms with van der Waals surface area (Å²) in [6.07, 6.45) is 3.59. The van der Waals surface area contributed by atoms with Crippen molar-refractivity contribution in [2.24, 2.45) is 5.92 Å². The Hall–Kier alpha value is -1.07. The molecule has 2 heterocycles. The molecule has 19 heavy (non-hydrogen) atoms. The van der Waals surface area contributed by atoms with Gasteiger partial charge in [-0.15, -0.1) is 0 Å². The lowest BCUT2D eigenvalue weighted by Gasteiger charge is -2.32. The van der Waals surface area contributed by atoms with Crippen LogP contribution in [-0.2, 0) is 9.84 Å². The maximum absolute atomic E-state index is 11.8. The molecule has 4 nitrogen and oxygen atoms in total. The van der Waals surface area contributed by atoms with Crippen LogP contribution in [0.2, 0.25) is 0 Å². The van der Waals surface area contributed by atoms with E-state index in [1.807, 2.05) is 12.1 Å². The van der Waals surface area contributed by atoms with E-state index in [4.69, 9.17) is 0 Å². The largest absolute Gasteiger partial charge is 0.381 e. The molecular weight excluding hydrogens is 260 g/mol. The molecule has 104 valence electrons. The van der Waals surface area contributed by atoms with Crippen molar-refractivity contribution in [3.63, 3.8) is 0 Å². The molecule has 2 aliphatic heterocycles. The zero-order valence-electron chi connectivity index (χ0n) is 11.2. The van der Waals surface area contributed by atoms with Gasteiger partial charge in [-0.1, -0.05) is 12.1 Å². The molecule has 3 rings (SSSR count). The average molecular weight is 280 g/mol. The zero-order chi connectivity index (χ0) is 13.5. The van der Waals surface area contributed by atoms with Crippen molar-refractivity contribution >= 4 is 15.5 Å². The Morgan fingerprint density at radius 1 is 1.21 bits per heavy atom. The van der Waals surface area contributed by atoms with Gasteiger partial charge in [0, 0.05) is 25.4 Å². The van der Waals surface area contributed by atoms with Crippen molar-refractivity contribution in [1.82, 2.24) is 4.90 Å². The van der Waals surface area contributed by atoms with E-state index < -0.39 is 9.84 Å². The first-order chi connectivity index (χ1) is 9.04. The van der Waals surface area contributed by atoms with Crippen molar-refractivity contribution in [1.29, 1.82) is 0 Å². The molecule has 2 aliphatic rings. The maximum Gasteiger partial charge on any atom is 0.177 e. The van der Waals surface area contributed by atoms with Crippen molar-refractivity contribution < 1.29 is 8.42 Å². The standard InChI is InChI=1S/C14H20N2O2S/c1-19(17,18)14-5-3-2-4-13(14)15-12-7-9-16-8-6-11(12)10-16/h2-5,11-12,15H,6-10H2,1H3. The summed E-state index contributed by atoms with van der Waals surface area (Å²) >= 11 is 0. The number of nitrogens with one attached hydrogen (secondary N) is 1. The lowest BCUT2D eigenvalue weighted by Crippen LogP contribution is -2.39. The highest BCUT2D eigenvalue weighted by atomic mass is 32.2. The number of sulfone groups is 1. The fraction of sp³-hybridized carbons (Fsp3) is 0.571. The predicted molar refractivity (Wildman–Crippen MR) is 76.1 cm³/mol. The number of anilines is 1. The molecule has 1 N–H and O–H groups in total. The molecule has 1 aromatic carbocycles. The van der Waals surface area contributed by atoms with Crippen molar-refractivity contribution in [3.05, 3.63) is 24.3 Å². The summed E-state index contributed by atoms with van der Waals surface area (Å²) in [5.74, 6) is 0.654. The zero-order valence-corrected chi connectivity index (χ0v) is 12.0. The van der Waals surface area contributed by atoms with Gasteiger partial charge in [0.25, 0.3) is 0 Å². The topological polar surface area (TPSA) is 49.4 Å². The Balaban J connectivity index is 1.84. The molecule has 0 aliphatic carbocycles. The summed E-state index contributed by atoms with van der Waals surface area (Å²) in [4.78, 5) is 2.90. The Morgan fingerprint density at radius 3 is 2.74 bits per heavy atom. The molecule has 2 fully saturated rings. The molecule has 3 unspecified atom stereocenters. The number of para-hydroxylation sites is 1. The minimum atomic E-state index is -3.17. The van der Waals surface area contributed by atoms with E-state index in [-0.39, 0.29) is 0 Å². The van der Waals surface area contributed by atoms with Gasteiger partial charge in [0.05, 0.1) is 10.6 Å². The number of rotatable bonds is 3. The van der Waals surface area contributed by atoms with Crippen LogP contribution in [0.5, 0.6) is 0 Å². The maximum atomic E-state index is 11.8. The quantitative estimate of drug-likeness (QED) is 0.913. The minimum Gasteiger partial charge on any atom is -0.381 e. The molecule has 0 saturated carbocycles. The van der Waals surface area contributed by atoms with Crippen molar-refractivity contribution in [3.8, 4) is 0 Å². The minimum absolute atomic E-state index is 0.404. The van der Waals surface area contributed by atoms with Crippen LogP contribution in [0.1, 0.15) is 12.8 Å². The van der Waals surface area contributed by atoms with Gasteiger partial charge in [-0.05, 0) is 37.4 Å². The highest BCUT2D eigenvalue weighted by molar-refractivity contribution is 7.90. The second-order valence-electron chi connectivity index (χ2n) is 5.66. The SMILES string of the molecule is CS(=O)(=O)c1ccccc1NC1CCN2CCC1C2. The molecule has 2 bridgehead atoms. The second-order valence-corrected chi connectivity index (χ2v) is 7.64. The third-order valence-corrected chi connectivity index (χ3v) is 5.42. The number of nitrogens with zero attached hydrogens (tertiary/aromatic N) is 1.